The lowest BCUT2D eigenvalue weighted by Crippen LogP contribution is -2.23. The van der Waals surface area contributed by atoms with E-state index in [1.165, 1.54) is 34.1 Å². The standard InChI is InChI=1S/C21H19F3N4O/c22-21(23,24)18-4-1-14(2-5-18)12-28-13-17(11-26-28)20(29)27-19-6-3-16-10-25-8-7-15(16)9-19/h1-6,9,11,13,25H,7-8,10,12H2,(H,27,29). The summed E-state index contributed by atoms with van der Waals surface area (Å²) in [6, 6.07) is 10.8. The smallest absolute Gasteiger partial charge is 0.322 e. The van der Waals surface area contributed by atoms with Gasteiger partial charge < -0.3 is 10.6 Å². The molecule has 2 aromatic carbocycles. The average molecular weight is 400 g/mol. The van der Waals surface area contributed by atoms with Crippen molar-refractivity contribution in [3.05, 3.63) is 82.7 Å². The van der Waals surface area contributed by atoms with Crippen molar-refractivity contribution >= 4 is 11.6 Å². The van der Waals surface area contributed by atoms with Gasteiger partial charge >= 0.3 is 6.18 Å². The molecule has 1 amide bonds. The van der Waals surface area contributed by atoms with Crippen LogP contribution in [-0.4, -0.2) is 22.2 Å². The summed E-state index contributed by atoms with van der Waals surface area (Å²) >= 11 is 0. The summed E-state index contributed by atoms with van der Waals surface area (Å²) < 4.78 is 39.5. The number of rotatable bonds is 4. The molecule has 0 unspecified atom stereocenters. The summed E-state index contributed by atoms with van der Waals surface area (Å²) in [6.07, 6.45) is -0.413. The molecule has 0 atom stereocenters. The fraction of sp³-hybridized carbons (Fsp3) is 0.238. The highest BCUT2D eigenvalue weighted by Crippen LogP contribution is 2.29. The van der Waals surface area contributed by atoms with Gasteiger partial charge in [0.25, 0.3) is 5.91 Å². The van der Waals surface area contributed by atoms with Gasteiger partial charge in [-0.1, -0.05) is 18.2 Å². The molecule has 4 rings (SSSR count). The first-order valence-corrected chi connectivity index (χ1v) is 9.21. The summed E-state index contributed by atoms with van der Waals surface area (Å²) in [5.74, 6) is -0.280. The Kier molecular flexibility index (Phi) is 5.10. The highest BCUT2D eigenvalue weighted by atomic mass is 19.4. The van der Waals surface area contributed by atoms with E-state index in [4.69, 9.17) is 0 Å². The molecule has 1 aliphatic heterocycles. The Labute approximate surface area is 165 Å². The number of nitrogens with one attached hydrogen (secondary N) is 2. The number of anilines is 1. The van der Waals surface area contributed by atoms with Crippen LogP contribution >= 0.6 is 0 Å². The van der Waals surface area contributed by atoms with Gasteiger partial charge in [0.2, 0.25) is 0 Å². The molecule has 3 aromatic rings. The second-order valence-electron chi connectivity index (χ2n) is 6.99. The first-order chi connectivity index (χ1) is 13.9. The maximum atomic E-state index is 12.6. The highest BCUT2D eigenvalue weighted by Gasteiger charge is 2.29. The number of fused-ring (bicyclic) bond motifs is 1. The maximum absolute atomic E-state index is 12.6. The van der Waals surface area contributed by atoms with Gasteiger partial charge in [0.15, 0.2) is 0 Å². The van der Waals surface area contributed by atoms with E-state index in [1.807, 2.05) is 18.2 Å². The minimum Gasteiger partial charge on any atom is -0.322 e. The molecular weight excluding hydrogens is 381 g/mol. The van der Waals surface area contributed by atoms with Gasteiger partial charge in [-0.15, -0.1) is 0 Å². The van der Waals surface area contributed by atoms with E-state index >= 15 is 0 Å². The molecule has 2 N–H and O–H groups in total. The normalized spacial score (nSPS) is 13.8. The fourth-order valence-corrected chi connectivity index (χ4v) is 3.31. The van der Waals surface area contributed by atoms with Gasteiger partial charge in [-0.2, -0.15) is 18.3 Å². The number of aromatic nitrogens is 2. The van der Waals surface area contributed by atoms with Crippen LogP contribution in [-0.2, 0) is 25.7 Å². The first-order valence-electron chi connectivity index (χ1n) is 9.21. The summed E-state index contributed by atoms with van der Waals surface area (Å²) in [4.78, 5) is 12.5. The zero-order chi connectivity index (χ0) is 20.4. The lowest BCUT2D eigenvalue weighted by Gasteiger charge is -2.18. The number of carbonyl (C=O) groups is 1. The van der Waals surface area contributed by atoms with Crippen LogP contribution in [0.4, 0.5) is 18.9 Å². The summed E-state index contributed by atoms with van der Waals surface area (Å²) in [5.41, 5.74) is 3.54. The van der Waals surface area contributed by atoms with Crippen LogP contribution in [0.2, 0.25) is 0 Å². The average Bonchev–Trinajstić information content (AvgIpc) is 3.16. The Balaban J connectivity index is 1.41. The van der Waals surface area contributed by atoms with E-state index in [0.717, 1.165) is 37.3 Å². The van der Waals surface area contributed by atoms with Crippen molar-refractivity contribution in [1.82, 2.24) is 15.1 Å². The molecule has 150 valence electrons. The van der Waals surface area contributed by atoms with Crippen molar-refractivity contribution in [3.8, 4) is 0 Å². The van der Waals surface area contributed by atoms with Gasteiger partial charge in [0.05, 0.1) is 23.9 Å². The summed E-state index contributed by atoms with van der Waals surface area (Å²) in [7, 11) is 0. The molecule has 29 heavy (non-hydrogen) atoms. The Bertz CT molecular complexity index is 1030. The topological polar surface area (TPSA) is 59.0 Å². The highest BCUT2D eigenvalue weighted by molar-refractivity contribution is 6.04. The number of amides is 1. The Morgan fingerprint density at radius 1 is 1.14 bits per heavy atom. The lowest BCUT2D eigenvalue weighted by molar-refractivity contribution is -0.137. The van der Waals surface area contributed by atoms with E-state index < -0.39 is 11.7 Å². The lowest BCUT2D eigenvalue weighted by atomic mass is 10.0. The van der Waals surface area contributed by atoms with Crippen LogP contribution in [0.15, 0.2) is 54.9 Å². The van der Waals surface area contributed by atoms with Gasteiger partial charge in [-0.3, -0.25) is 9.48 Å². The zero-order valence-corrected chi connectivity index (χ0v) is 15.5. The largest absolute Gasteiger partial charge is 0.416 e. The van der Waals surface area contributed by atoms with E-state index in [-0.39, 0.29) is 12.5 Å². The van der Waals surface area contributed by atoms with Gasteiger partial charge in [0, 0.05) is 18.4 Å². The molecular formula is C21H19F3N4O. The van der Waals surface area contributed by atoms with Crippen molar-refractivity contribution in [1.29, 1.82) is 0 Å². The van der Waals surface area contributed by atoms with Gasteiger partial charge in [0.1, 0.15) is 0 Å². The summed E-state index contributed by atoms with van der Waals surface area (Å²) in [5, 5.41) is 10.3. The third kappa shape index (κ3) is 4.48. The monoisotopic (exact) mass is 400 g/mol. The van der Waals surface area contributed by atoms with Crippen molar-refractivity contribution in [2.75, 3.05) is 11.9 Å². The van der Waals surface area contributed by atoms with E-state index in [0.29, 0.717) is 11.1 Å². The third-order valence-corrected chi connectivity index (χ3v) is 4.87. The first kappa shape index (κ1) is 19.2. The summed E-state index contributed by atoms with van der Waals surface area (Å²) in [6.45, 7) is 2.03. The second kappa shape index (κ2) is 7.71. The van der Waals surface area contributed by atoms with E-state index in [2.05, 4.69) is 15.7 Å². The maximum Gasteiger partial charge on any atom is 0.416 e. The Hall–Kier alpha value is -3.13. The molecule has 0 aliphatic carbocycles. The van der Waals surface area contributed by atoms with Crippen LogP contribution < -0.4 is 10.6 Å². The quantitative estimate of drug-likeness (QED) is 0.700. The van der Waals surface area contributed by atoms with Crippen LogP contribution in [0.25, 0.3) is 0 Å². The Morgan fingerprint density at radius 3 is 2.69 bits per heavy atom. The molecule has 0 fully saturated rings. The number of hydrogen-bond donors (Lipinski definition) is 2. The van der Waals surface area contributed by atoms with Gasteiger partial charge in [-0.05, 0) is 53.9 Å². The van der Waals surface area contributed by atoms with Crippen molar-refractivity contribution in [2.24, 2.45) is 0 Å². The van der Waals surface area contributed by atoms with E-state index in [9.17, 15) is 18.0 Å². The third-order valence-electron chi connectivity index (χ3n) is 4.87. The molecule has 2 heterocycles. The second-order valence-corrected chi connectivity index (χ2v) is 6.99. The molecule has 0 radical (unpaired) electrons. The Morgan fingerprint density at radius 2 is 1.93 bits per heavy atom. The molecule has 1 aliphatic rings. The number of alkyl halides is 3. The molecule has 0 saturated carbocycles. The van der Waals surface area contributed by atoms with Crippen molar-refractivity contribution in [3.63, 3.8) is 0 Å². The van der Waals surface area contributed by atoms with Crippen molar-refractivity contribution in [2.45, 2.75) is 25.7 Å². The molecule has 5 nitrogen and oxygen atoms in total. The van der Waals surface area contributed by atoms with Gasteiger partial charge in [-0.25, -0.2) is 0 Å². The van der Waals surface area contributed by atoms with Crippen molar-refractivity contribution < 1.29 is 18.0 Å². The van der Waals surface area contributed by atoms with Crippen LogP contribution in [0, 0.1) is 0 Å². The molecule has 0 bridgehead atoms. The number of hydrogen-bond acceptors (Lipinski definition) is 3. The van der Waals surface area contributed by atoms with E-state index in [1.54, 1.807) is 6.20 Å². The predicted octanol–water partition coefficient (Wildman–Crippen LogP) is 3.85. The van der Waals surface area contributed by atoms with Crippen LogP contribution in [0.1, 0.15) is 32.6 Å². The minimum absolute atomic E-state index is 0.275. The SMILES string of the molecule is O=C(Nc1ccc2c(c1)CCNC2)c1cnn(Cc2ccc(C(F)(F)F)cc2)c1. The minimum atomic E-state index is -4.36. The number of benzene rings is 2. The fourth-order valence-electron chi connectivity index (χ4n) is 3.31. The molecule has 0 saturated heterocycles. The number of carbonyl (C=O) groups excluding carboxylic acids is 1. The number of halogens is 3. The molecule has 1 aromatic heterocycles. The zero-order valence-electron chi connectivity index (χ0n) is 15.5. The number of nitrogens with zero attached hydrogens (tertiary/aromatic N) is 2. The molecule has 0 spiro atoms. The molecule has 8 heteroatoms. The van der Waals surface area contributed by atoms with Crippen LogP contribution in [0.3, 0.4) is 0 Å². The predicted molar refractivity (Wildman–Crippen MR) is 103 cm³/mol. The van der Waals surface area contributed by atoms with Crippen LogP contribution in [0.5, 0.6) is 0 Å².